The van der Waals surface area contributed by atoms with Crippen LogP contribution in [-0.2, 0) is 14.3 Å². The van der Waals surface area contributed by atoms with E-state index in [4.69, 9.17) is 32.7 Å². The molecule has 5 nitrogen and oxygen atoms in total. The molecule has 0 saturated carbocycles. The third-order valence-electron chi connectivity index (χ3n) is 3.24. The average molecular weight is 348 g/mol. The van der Waals surface area contributed by atoms with Gasteiger partial charge in [-0.2, -0.15) is 0 Å². The van der Waals surface area contributed by atoms with E-state index in [1.807, 2.05) is 13.8 Å². The van der Waals surface area contributed by atoms with Crippen molar-refractivity contribution in [3.63, 3.8) is 0 Å². The molecule has 122 valence electrons. The Morgan fingerprint density at radius 2 is 2.00 bits per heavy atom. The summed E-state index contributed by atoms with van der Waals surface area (Å²) in [5.74, 6) is -0.608. The quantitative estimate of drug-likeness (QED) is 0.769. The van der Waals surface area contributed by atoms with Crippen LogP contribution < -0.4 is 10.1 Å². The lowest BCUT2D eigenvalue weighted by Gasteiger charge is -2.21. The molecule has 0 unspecified atom stereocenters. The summed E-state index contributed by atoms with van der Waals surface area (Å²) in [6, 6.07) is 4.00. The van der Waals surface area contributed by atoms with Gasteiger partial charge < -0.3 is 14.8 Å². The Hall–Kier alpha value is -1.46. The number of hydrogen-bond donors (Lipinski definition) is 1. The number of carbonyl (C=O) groups excluding carboxylic acids is 2. The molecule has 1 aromatic carbocycles. The SMILES string of the molecule is CC[C@@H](C)[C@H](NC(=O)COc1ccc(Cl)cc1Cl)C(=O)OC. The molecule has 7 heteroatoms. The minimum Gasteiger partial charge on any atom is -0.482 e. The fourth-order valence-electron chi connectivity index (χ4n) is 1.75. The van der Waals surface area contributed by atoms with Crippen LogP contribution in [0.15, 0.2) is 18.2 Å². The molecule has 1 amide bonds. The van der Waals surface area contributed by atoms with Crippen LogP contribution in [0, 0.1) is 5.92 Å². The second-order valence-electron chi connectivity index (χ2n) is 4.82. The van der Waals surface area contributed by atoms with Crippen LogP contribution in [0.25, 0.3) is 0 Å². The Morgan fingerprint density at radius 3 is 2.55 bits per heavy atom. The van der Waals surface area contributed by atoms with E-state index in [-0.39, 0.29) is 12.5 Å². The molecular weight excluding hydrogens is 329 g/mol. The van der Waals surface area contributed by atoms with E-state index < -0.39 is 17.9 Å². The lowest BCUT2D eigenvalue weighted by atomic mass is 9.99. The number of methoxy groups -OCH3 is 1. The second kappa shape index (κ2) is 8.86. The normalized spacial score (nSPS) is 13.1. The Balaban J connectivity index is 2.62. The zero-order valence-corrected chi connectivity index (χ0v) is 14.2. The molecule has 0 heterocycles. The van der Waals surface area contributed by atoms with Crippen LogP contribution >= 0.6 is 23.2 Å². The Bertz CT molecular complexity index is 536. The van der Waals surface area contributed by atoms with E-state index in [1.165, 1.54) is 13.2 Å². The first-order valence-corrected chi connectivity index (χ1v) is 7.59. The molecule has 0 aromatic heterocycles. The van der Waals surface area contributed by atoms with E-state index in [2.05, 4.69) is 5.32 Å². The minimum absolute atomic E-state index is 0.0458. The number of rotatable bonds is 7. The molecule has 0 radical (unpaired) electrons. The van der Waals surface area contributed by atoms with E-state index in [0.29, 0.717) is 15.8 Å². The van der Waals surface area contributed by atoms with E-state index in [9.17, 15) is 9.59 Å². The van der Waals surface area contributed by atoms with Crippen molar-refractivity contribution in [2.45, 2.75) is 26.3 Å². The third-order valence-corrected chi connectivity index (χ3v) is 3.77. The Kier molecular flexibility index (Phi) is 7.48. The van der Waals surface area contributed by atoms with Crippen LogP contribution in [0.5, 0.6) is 5.75 Å². The molecule has 0 fully saturated rings. The minimum atomic E-state index is -0.702. The van der Waals surface area contributed by atoms with Crippen LogP contribution in [0.3, 0.4) is 0 Å². The second-order valence-corrected chi connectivity index (χ2v) is 5.66. The van der Waals surface area contributed by atoms with Crippen molar-refractivity contribution in [3.05, 3.63) is 28.2 Å². The average Bonchev–Trinajstić information content (AvgIpc) is 2.50. The van der Waals surface area contributed by atoms with Crippen molar-refractivity contribution >= 4 is 35.1 Å². The van der Waals surface area contributed by atoms with Gasteiger partial charge in [0.05, 0.1) is 12.1 Å². The maximum atomic E-state index is 11.9. The zero-order chi connectivity index (χ0) is 16.7. The summed E-state index contributed by atoms with van der Waals surface area (Å²) in [7, 11) is 1.29. The smallest absolute Gasteiger partial charge is 0.328 e. The summed E-state index contributed by atoms with van der Waals surface area (Å²) in [4.78, 5) is 23.6. The highest BCUT2D eigenvalue weighted by Gasteiger charge is 2.26. The van der Waals surface area contributed by atoms with Gasteiger partial charge in [-0.3, -0.25) is 4.79 Å². The van der Waals surface area contributed by atoms with Gasteiger partial charge in [-0.05, 0) is 24.1 Å². The van der Waals surface area contributed by atoms with Crippen molar-refractivity contribution in [1.29, 1.82) is 0 Å². The maximum absolute atomic E-state index is 11.9. The lowest BCUT2D eigenvalue weighted by Crippen LogP contribution is -2.47. The molecule has 0 spiro atoms. The van der Waals surface area contributed by atoms with Crippen molar-refractivity contribution < 1.29 is 19.1 Å². The number of esters is 1. The first kappa shape index (κ1) is 18.6. The molecule has 2 atom stereocenters. The zero-order valence-electron chi connectivity index (χ0n) is 12.7. The number of nitrogens with one attached hydrogen (secondary N) is 1. The molecule has 22 heavy (non-hydrogen) atoms. The number of amides is 1. The monoisotopic (exact) mass is 347 g/mol. The summed E-state index contributed by atoms with van der Waals surface area (Å²) in [5.41, 5.74) is 0. The van der Waals surface area contributed by atoms with Gasteiger partial charge in [0.1, 0.15) is 11.8 Å². The molecular formula is C15H19Cl2NO4. The van der Waals surface area contributed by atoms with Gasteiger partial charge in [-0.15, -0.1) is 0 Å². The highest BCUT2D eigenvalue weighted by atomic mass is 35.5. The van der Waals surface area contributed by atoms with Gasteiger partial charge in [0.15, 0.2) is 6.61 Å². The summed E-state index contributed by atoms with van der Waals surface area (Å²) >= 11 is 11.7. The van der Waals surface area contributed by atoms with Gasteiger partial charge in [0.25, 0.3) is 5.91 Å². The van der Waals surface area contributed by atoms with Crippen LogP contribution in [-0.4, -0.2) is 31.6 Å². The lowest BCUT2D eigenvalue weighted by molar-refractivity contribution is -0.146. The van der Waals surface area contributed by atoms with Crippen molar-refractivity contribution in [1.82, 2.24) is 5.32 Å². The van der Waals surface area contributed by atoms with Gasteiger partial charge in [-0.1, -0.05) is 43.5 Å². The van der Waals surface area contributed by atoms with Gasteiger partial charge in [0, 0.05) is 5.02 Å². The fraction of sp³-hybridized carbons (Fsp3) is 0.467. The van der Waals surface area contributed by atoms with Crippen molar-refractivity contribution in [3.8, 4) is 5.75 Å². The first-order chi connectivity index (χ1) is 10.4. The fourth-order valence-corrected chi connectivity index (χ4v) is 2.21. The van der Waals surface area contributed by atoms with Crippen LogP contribution in [0.1, 0.15) is 20.3 Å². The molecule has 1 aromatic rings. The van der Waals surface area contributed by atoms with E-state index in [1.54, 1.807) is 12.1 Å². The molecule has 0 aliphatic rings. The van der Waals surface area contributed by atoms with Gasteiger partial charge in [-0.25, -0.2) is 4.79 Å². The standard InChI is InChI=1S/C15H19Cl2NO4/c1-4-9(2)14(15(20)21-3)18-13(19)8-22-12-6-5-10(16)7-11(12)17/h5-7,9,14H,4,8H2,1-3H3,(H,18,19)/t9-,14+/m1/s1. The molecule has 0 aliphatic carbocycles. The van der Waals surface area contributed by atoms with Crippen LogP contribution in [0.4, 0.5) is 0 Å². The number of hydrogen-bond acceptors (Lipinski definition) is 4. The highest BCUT2D eigenvalue weighted by Crippen LogP contribution is 2.27. The number of benzene rings is 1. The summed E-state index contributed by atoms with van der Waals surface area (Å²) in [6.45, 7) is 3.53. The van der Waals surface area contributed by atoms with Crippen LogP contribution in [0.2, 0.25) is 10.0 Å². The summed E-state index contributed by atoms with van der Waals surface area (Å²) < 4.78 is 10.0. The predicted octanol–water partition coefficient (Wildman–Crippen LogP) is 3.08. The molecule has 0 aliphatic heterocycles. The Labute approximate surface area is 139 Å². The number of ether oxygens (including phenoxy) is 2. The molecule has 0 saturated heterocycles. The maximum Gasteiger partial charge on any atom is 0.328 e. The first-order valence-electron chi connectivity index (χ1n) is 6.84. The third kappa shape index (κ3) is 5.39. The topological polar surface area (TPSA) is 64.6 Å². The Morgan fingerprint density at radius 1 is 1.32 bits per heavy atom. The summed E-state index contributed by atoms with van der Waals surface area (Å²) in [6.07, 6.45) is 0.726. The molecule has 1 N–H and O–H groups in total. The van der Waals surface area contributed by atoms with E-state index in [0.717, 1.165) is 6.42 Å². The molecule has 0 bridgehead atoms. The highest BCUT2D eigenvalue weighted by molar-refractivity contribution is 6.35. The largest absolute Gasteiger partial charge is 0.482 e. The predicted molar refractivity (Wildman–Crippen MR) is 85.4 cm³/mol. The summed E-state index contributed by atoms with van der Waals surface area (Å²) in [5, 5.41) is 3.40. The molecule has 1 rings (SSSR count). The number of halogens is 2. The van der Waals surface area contributed by atoms with E-state index >= 15 is 0 Å². The number of carbonyl (C=O) groups is 2. The van der Waals surface area contributed by atoms with Crippen molar-refractivity contribution in [2.75, 3.05) is 13.7 Å². The van der Waals surface area contributed by atoms with Crippen molar-refractivity contribution in [2.24, 2.45) is 5.92 Å². The van der Waals surface area contributed by atoms with Gasteiger partial charge in [0.2, 0.25) is 0 Å². The van der Waals surface area contributed by atoms with Gasteiger partial charge >= 0.3 is 5.97 Å².